The van der Waals surface area contributed by atoms with Crippen LogP contribution in [0.1, 0.15) is 64.3 Å². The number of anilines is 1. The van der Waals surface area contributed by atoms with Gasteiger partial charge in [-0.2, -0.15) is 0 Å². The van der Waals surface area contributed by atoms with Crippen LogP contribution in [0.5, 0.6) is 0 Å². The minimum atomic E-state index is -0.180. The van der Waals surface area contributed by atoms with Gasteiger partial charge in [-0.15, -0.1) is 11.3 Å². The topological polar surface area (TPSA) is 51.1 Å². The van der Waals surface area contributed by atoms with E-state index in [1.807, 2.05) is 0 Å². The summed E-state index contributed by atoms with van der Waals surface area (Å²) in [6.45, 7) is 12.7. The van der Waals surface area contributed by atoms with E-state index in [-0.39, 0.29) is 5.60 Å². The maximum Gasteiger partial charge on any atom is 0.189 e. The van der Waals surface area contributed by atoms with Crippen LogP contribution >= 0.6 is 23.1 Å². The third-order valence-corrected chi connectivity index (χ3v) is 7.55. The van der Waals surface area contributed by atoms with Gasteiger partial charge in [0.1, 0.15) is 4.83 Å². The van der Waals surface area contributed by atoms with Gasteiger partial charge in [0.25, 0.3) is 0 Å². The molecule has 3 aromatic rings. The Hall–Kier alpha value is -1.44. The van der Waals surface area contributed by atoms with Gasteiger partial charge in [0.05, 0.1) is 22.4 Å². The number of nitrogens with zero attached hydrogens (tertiary/aromatic N) is 4. The second-order valence-electron chi connectivity index (χ2n) is 9.61. The zero-order chi connectivity index (χ0) is 22.3. The van der Waals surface area contributed by atoms with Crippen molar-refractivity contribution >= 4 is 49.3 Å². The maximum absolute atomic E-state index is 6.22. The molecule has 168 valence electrons. The molecule has 0 saturated heterocycles. The van der Waals surface area contributed by atoms with Gasteiger partial charge in [0, 0.05) is 36.7 Å². The molecule has 0 unspecified atom stereocenters. The molecule has 4 rings (SSSR count). The summed E-state index contributed by atoms with van der Waals surface area (Å²) in [5, 5.41) is 2.05. The fourth-order valence-electron chi connectivity index (χ4n) is 4.31. The fourth-order valence-corrected chi connectivity index (χ4v) is 5.88. The van der Waals surface area contributed by atoms with E-state index in [0.717, 1.165) is 51.8 Å². The minimum Gasteiger partial charge on any atom is -0.370 e. The molecule has 5 nitrogen and oxygen atoms in total. The van der Waals surface area contributed by atoms with Crippen LogP contribution in [0.4, 0.5) is 5.82 Å². The van der Waals surface area contributed by atoms with Gasteiger partial charge in [-0.25, -0.2) is 15.0 Å². The van der Waals surface area contributed by atoms with E-state index in [9.17, 15) is 0 Å². The van der Waals surface area contributed by atoms with E-state index < -0.39 is 0 Å². The Balaban J connectivity index is 2.01. The standard InChI is InChI=1S/C24H34N4OS2/c1-8-9-10-28(6)21-20-19(26-23(27-21)30-7)18-15-12-24(4,5)29-13-16(15)17(11-14(2)3)25-22(18)31-20/h14H,8-13H2,1-7H3. The van der Waals surface area contributed by atoms with E-state index in [1.54, 1.807) is 23.1 Å². The predicted octanol–water partition coefficient (Wildman–Crippen LogP) is 6.25. The quantitative estimate of drug-likeness (QED) is 0.308. The fraction of sp³-hybridized carbons (Fsp3) is 0.625. The molecule has 1 aliphatic rings. The summed E-state index contributed by atoms with van der Waals surface area (Å²) in [7, 11) is 2.15. The van der Waals surface area contributed by atoms with E-state index in [4.69, 9.17) is 19.7 Å². The summed E-state index contributed by atoms with van der Waals surface area (Å²) in [5.41, 5.74) is 4.75. The Kier molecular flexibility index (Phi) is 6.48. The molecule has 31 heavy (non-hydrogen) atoms. The van der Waals surface area contributed by atoms with Crippen molar-refractivity contribution in [2.75, 3.05) is 24.7 Å². The van der Waals surface area contributed by atoms with Gasteiger partial charge in [0.2, 0.25) is 0 Å². The highest BCUT2D eigenvalue weighted by Gasteiger charge is 2.32. The second kappa shape index (κ2) is 8.83. The Morgan fingerprint density at radius 2 is 1.97 bits per heavy atom. The van der Waals surface area contributed by atoms with Crippen LogP contribution in [0.3, 0.4) is 0 Å². The Bertz CT molecular complexity index is 1110. The molecule has 0 amide bonds. The zero-order valence-electron chi connectivity index (χ0n) is 19.8. The molecule has 0 radical (unpaired) electrons. The first kappa shape index (κ1) is 22.7. The summed E-state index contributed by atoms with van der Waals surface area (Å²) in [5.74, 6) is 1.59. The largest absolute Gasteiger partial charge is 0.370 e. The number of pyridine rings is 1. The van der Waals surface area contributed by atoms with Crippen molar-refractivity contribution in [2.24, 2.45) is 5.92 Å². The number of unbranched alkanes of at least 4 members (excludes halogenated alkanes) is 1. The number of rotatable bonds is 7. The molecule has 0 aromatic carbocycles. The first-order valence-electron chi connectivity index (χ1n) is 11.3. The van der Waals surface area contributed by atoms with Gasteiger partial charge in [0.15, 0.2) is 11.0 Å². The predicted molar refractivity (Wildman–Crippen MR) is 134 cm³/mol. The molecule has 0 atom stereocenters. The van der Waals surface area contributed by atoms with Crippen LogP contribution in [0, 0.1) is 5.92 Å². The van der Waals surface area contributed by atoms with E-state index >= 15 is 0 Å². The average Bonchev–Trinajstić information content (AvgIpc) is 3.08. The second-order valence-corrected chi connectivity index (χ2v) is 11.4. The van der Waals surface area contributed by atoms with Crippen molar-refractivity contribution in [2.45, 2.75) is 77.7 Å². The molecule has 0 fully saturated rings. The monoisotopic (exact) mass is 458 g/mol. The van der Waals surface area contributed by atoms with Gasteiger partial charge in [-0.05, 0) is 44.4 Å². The van der Waals surface area contributed by atoms with Gasteiger partial charge in [-0.1, -0.05) is 39.0 Å². The molecule has 3 aromatic heterocycles. The first-order chi connectivity index (χ1) is 14.7. The molecule has 0 bridgehead atoms. The SMILES string of the molecule is CCCCN(C)c1nc(SC)nc2c1sc1nc(CC(C)C)c3c(c12)CC(C)(C)OC3. The lowest BCUT2D eigenvalue weighted by atomic mass is 9.88. The summed E-state index contributed by atoms with van der Waals surface area (Å²) in [6.07, 6.45) is 6.23. The molecule has 0 N–H and O–H groups in total. The first-order valence-corrected chi connectivity index (χ1v) is 13.3. The molecule has 7 heteroatoms. The summed E-state index contributed by atoms with van der Waals surface area (Å²) >= 11 is 3.37. The van der Waals surface area contributed by atoms with E-state index in [0.29, 0.717) is 12.5 Å². The molecule has 0 saturated carbocycles. The van der Waals surface area contributed by atoms with Crippen LogP contribution in [-0.2, 0) is 24.2 Å². The highest BCUT2D eigenvalue weighted by atomic mass is 32.2. The van der Waals surface area contributed by atoms with Crippen molar-refractivity contribution < 1.29 is 4.74 Å². The molecule has 0 spiro atoms. The number of thioether (sulfide) groups is 1. The smallest absolute Gasteiger partial charge is 0.189 e. The van der Waals surface area contributed by atoms with Crippen LogP contribution < -0.4 is 4.90 Å². The number of ether oxygens (including phenoxy) is 1. The number of thiophene rings is 1. The number of fused-ring (bicyclic) bond motifs is 5. The van der Waals surface area contributed by atoms with Crippen molar-refractivity contribution in [1.29, 1.82) is 0 Å². The maximum atomic E-state index is 6.22. The van der Waals surface area contributed by atoms with Crippen molar-refractivity contribution in [3.8, 4) is 0 Å². The van der Waals surface area contributed by atoms with Crippen molar-refractivity contribution in [3.05, 3.63) is 16.8 Å². The summed E-state index contributed by atoms with van der Waals surface area (Å²) < 4.78 is 7.38. The Morgan fingerprint density at radius 3 is 2.65 bits per heavy atom. The highest BCUT2D eigenvalue weighted by molar-refractivity contribution is 7.98. The van der Waals surface area contributed by atoms with Gasteiger partial charge in [-0.3, -0.25) is 0 Å². The summed E-state index contributed by atoms with van der Waals surface area (Å²) in [6, 6.07) is 0. The third kappa shape index (κ3) is 4.41. The lowest BCUT2D eigenvalue weighted by Crippen LogP contribution is -2.33. The lowest BCUT2D eigenvalue weighted by Gasteiger charge is -2.33. The Labute approximate surface area is 194 Å². The van der Waals surface area contributed by atoms with Crippen LogP contribution in [-0.4, -0.2) is 40.4 Å². The normalized spacial score (nSPS) is 15.7. The number of aromatic nitrogens is 3. The Morgan fingerprint density at radius 1 is 1.19 bits per heavy atom. The van der Waals surface area contributed by atoms with Crippen LogP contribution in [0.25, 0.3) is 20.4 Å². The number of hydrogen-bond donors (Lipinski definition) is 0. The van der Waals surface area contributed by atoms with Crippen molar-refractivity contribution in [3.63, 3.8) is 0 Å². The highest BCUT2D eigenvalue weighted by Crippen LogP contribution is 2.43. The lowest BCUT2D eigenvalue weighted by molar-refractivity contribution is -0.0402. The molecule has 4 heterocycles. The van der Waals surface area contributed by atoms with Crippen LogP contribution in [0.15, 0.2) is 5.16 Å². The average molecular weight is 459 g/mol. The molecule has 1 aliphatic heterocycles. The van der Waals surface area contributed by atoms with E-state index in [1.165, 1.54) is 28.6 Å². The third-order valence-electron chi connectivity index (χ3n) is 5.93. The summed E-state index contributed by atoms with van der Waals surface area (Å²) in [4.78, 5) is 18.5. The van der Waals surface area contributed by atoms with Crippen molar-refractivity contribution in [1.82, 2.24) is 15.0 Å². The van der Waals surface area contributed by atoms with Gasteiger partial charge >= 0.3 is 0 Å². The van der Waals surface area contributed by atoms with E-state index in [2.05, 4.69) is 52.8 Å². The molecular weight excluding hydrogens is 424 g/mol. The molecular formula is C24H34N4OS2. The zero-order valence-corrected chi connectivity index (χ0v) is 21.5. The number of hydrogen-bond acceptors (Lipinski definition) is 7. The van der Waals surface area contributed by atoms with Gasteiger partial charge < -0.3 is 9.64 Å². The minimum absolute atomic E-state index is 0.180. The molecule has 0 aliphatic carbocycles. The van der Waals surface area contributed by atoms with Crippen LogP contribution in [0.2, 0.25) is 0 Å².